The number of hydrogen-bond donors (Lipinski definition) is 1. The number of ether oxygens (including phenoxy) is 1. The van der Waals surface area contributed by atoms with E-state index in [9.17, 15) is 9.59 Å². The number of hydrogen-bond acceptors (Lipinski definition) is 4. The maximum Gasteiger partial charge on any atom is 0.257 e. The molecular formula is C13H18N2O4. The zero-order valence-corrected chi connectivity index (χ0v) is 11.1. The molecule has 0 spiro atoms. The normalized spacial score (nSPS) is 22.5. The molecule has 1 aromatic heterocycles. The first-order valence-electron chi connectivity index (χ1n) is 6.19. The van der Waals surface area contributed by atoms with Crippen LogP contribution in [-0.2, 0) is 9.53 Å². The lowest BCUT2D eigenvalue weighted by molar-refractivity contribution is -0.125. The van der Waals surface area contributed by atoms with E-state index in [1.807, 2.05) is 0 Å². The Morgan fingerprint density at radius 1 is 1.53 bits per heavy atom. The van der Waals surface area contributed by atoms with Crippen molar-refractivity contribution in [3.63, 3.8) is 0 Å². The molecule has 1 aliphatic rings. The van der Waals surface area contributed by atoms with Gasteiger partial charge in [-0.15, -0.1) is 0 Å². The highest BCUT2D eigenvalue weighted by atomic mass is 16.5. The number of methoxy groups -OCH3 is 1. The van der Waals surface area contributed by atoms with Crippen LogP contribution in [0.5, 0.6) is 0 Å². The molecule has 104 valence electrons. The van der Waals surface area contributed by atoms with Crippen LogP contribution in [0.3, 0.4) is 0 Å². The summed E-state index contributed by atoms with van der Waals surface area (Å²) in [5.74, 6) is -0.354. The zero-order valence-electron chi connectivity index (χ0n) is 11.1. The second-order valence-corrected chi connectivity index (χ2v) is 4.66. The Balaban J connectivity index is 2.09. The predicted molar refractivity (Wildman–Crippen MR) is 67.5 cm³/mol. The SMILES string of the molecule is CNC(=O)[C@@H]1CN(C(=O)c2ccoc2)C[C@H]1COC. The fourth-order valence-corrected chi connectivity index (χ4v) is 2.47. The Morgan fingerprint density at radius 3 is 2.89 bits per heavy atom. The molecule has 0 bridgehead atoms. The summed E-state index contributed by atoms with van der Waals surface area (Å²) >= 11 is 0. The first-order chi connectivity index (χ1) is 9.17. The molecule has 1 aromatic rings. The molecule has 0 aliphatic carbocycles. The summed E-state index contributed by atoms with van der Waals surface area (Å²) in [6.45, 7) is 1.40. The van der Waals surface area contributed by atoms with Crippen LogP contribution < -0.4 is 5.32 Å². The molecule has 1 aliphatic heterocycles. The van der Waals surface area contributed by atoms with Gasteiger partial charge in [0.15, 0.2) is 0 Å². The standard InChI is InChI=1S/C13H18N2O4/c1-14-12(16)11-6-15(5-10(11)7-18-2)13(17)9-3-4-19-8-9/h3-4,8,10-11H,5-7H2,1-2H3,(H,14,16)/t10-,11+/m0/s1. The minimum absolute atomic E-state index is 0.0285. The van der Waals surface area contributed by atoms with Gasteiger partial charge < -0.3 is 19.4 Å². The summed E-state index contributed by atoms with van der Waals surface area (Å²) in [7, 11) is 3.20. The van der Waals surface area contributed by atoms with Gasteiger partial charge in [0.1, 0.15) is 6.26 Å². The highest BCUT2D eigenvalue weighted by molar-refractivity contribution is 5.94. The van der Waals surface area contributed by atoms with Gasteiger partial charge in [0.05, 0.1) is 24.4 Å². The molecule has 1 saturated heterocycles. The number of carbonyl (C=O) groups is 2. The molecule has 0 radical (unpaired) electrons. The molecule has 6 heteroatoms. The minimum Gasteiger partial charge on any atom is -0.472 e. The van der Waals surface area contributed by atoms with Gasteiger partial charge in [-0.05, 0) is 6.07 Å². The van der Waals surface area contributed by atoms with E-state index in [1.54, 1.807) is 25.1 Å². The van der Waals surface area contributed by atoms with E-state index in [-0.39, 0.29) is 23.7 Å². The fraction of sp³-hybridized carbons (Fsp3) is 0.538. The van der Waals surface area contributed by atoms with Gasteiger partial charge in [0.25, 0.3) is 5.91 Å². The van der Waals surface area contributed by atoms with E-state index in [0.29, 0.717) is 25.3 Å². The molecule has 1 N–H and O–H groups in total. The van der Waals surface area contributed by atoms with Crippen molar-refractivity contribution in [1.29, 1.82) is 0 Å². The smallest absolute Gasteiger partial charge is 0.257 e. The van der Waals surface area contributed by atoms with Crippen molar-refractivity contribution in [2.24, 2.45) is 11.8 Å². The van der Waals surface area contributed by atoms with Crippen molar-refractivity contribution in [2.45, 2.75) is 0 Å². The molecule has 2 rings (SSSR count). The van der Waals surface area contributed by atoms with Crippen LogP contribution in [0.15, 0.2) is 23.0 Å². The van der Waals surface area contributed by atoms with Crippen molar-refractivity contribution < 1.29 is 18.7 Å². The summed E-state index contributed by atoms with van der Waals surface area (Å²) in [5.41, 5.74) is 0.508. The average Bonchev–Trinajstić information content (AvgIpc) is 3.07. The summed E-state index contributed by atoms with van der Waals surface area (Å²) in [6, 6.07) is 1.63. The van der Waals surface area contributed by atoms with Gasteiger partial charge in [-0.2, -0.15) is 0 Å². The third-order valence-electron chi connectivity index (χ3n) is 3.46. The maximum absolute atomic E-state index is 12.2. The Bertz CT molecular complexity index is 444. The number of likely N-dealkylation sites (tertiary alicyclic amines) is 1. The summed E-state index contributed by atoms with van der Waals surface area (Å²) in [5, 5.41) is 2.64. The highest BCUT2D eigenvalue weighted by Gasteiger charge is 2.39. The van der Waals surface area contributed by atoms with E-state index in [0.717, 1.165) is 0 Å². The van der Waals surface area contributed by atoms with Crippen molar-refractivity contribution >= 4 is 11.8 Å². The third kappa shape index (κ3) is 2.78. The fourth-order valence-electron chi connectivity index (χ4n) is 2.47. The molecule has 0 aromatic carbocycles. The number of furan rings is 1. The third-order valence-corrected chi connectivity index (χ3v) is 3.46. The number of rotatable bonds is 4. The van der Waals surface area contributed by atoms with Crippen LogP contribution in [0.2, 0.25) is 0 Å². The summed E-state index contributed by atoms with van der Waals surface area (Å²) < 4.78 is 10.0. The lowest BCUT2D eigenvalue weighted by atomic mass is 9.96. The van der Waals surface area contributed by atoms with Gasteiger partial charge in [-0.25, -0.2) is 0 Å². The van der Waals surface area contributed by atoms with Gasteiger partial charge in [0, 0.05) is 33.2 Å². The molecule has 6 nitrogen and oxygen atoms in total. The van der Waals surface area contributed by atoms with Gasteiger partial charge in [-0.1, -0.05) is 0 Å². The highest BCUT2D eigenvalue weighted by Crippen LogP contribution is 2.25. The number of nitrogens with zero attached hydrogens (tertiary/aromatic N) is 1. The predicted octanol–water partition coefficient (Wildman–Crippen LogP) is 0.360. The van der Waals surface area contributed by atoms with Crippen molar-refractivity contribution in [2.75, 3.05) is 33.9 Å². The second-order valence-electron chi connectivity index (χ2n) is 4.66. The Hall–Kier alpha value is -1.82. The monoisotopic (exact) mass is 266 g/mol. The first-order valence-corrected chi connectivity index (χ1v) is 6.19. The molecule has 2 heterocycles. The Morgan fingerprint density at radius 2 is 2.32 bits per heavy atom. The average molecular weight is 266 g/mol. The number of carbonyl (C=O) groups excluding carboxylic acids is 2. The van der Waals surface area contributed by atoms with E-state index >= 15 is 0 Å². The summed E-state index contributed by atoms with van der Waals surface area (Å²) in [6.07, 6.45) is 2.88. The van der Waals surface area contributed by atoms with Crippen LogP contribution in [0, 0.1) is 11.8 Å². The molecule has 2 atom stereocenters. The molecule has 19 heavy (non-hydrogen) atoms. The van der Waals surface area contributed by atoms with Crippen molar-refractivity contribution in [1.82, 2.24) is 10.2 Å². The quantitative estimate of drug-likeness (QED) is 0.854. The topological polar surface area (TPSA) is 71.8 Å². The zero-order chi connectivity index (χ0) is 13.8. The minimum atomic E-state index is -0.221. The Labute approximate surface area is 111 Å². The molecule has 2 amide bonds. The largest absolute Gasteiger partial charge is 0.472 e. The van der Waals surface area contributed by atoms with Crippen LogP contribution in [-0.4, -0.2) is 50.6 Å². The first kappa shape index (κ1) is 13.6. The van der Waals surface area contributed by atoms with Crippen LogP contribution >= 0.6 is 0 Å². The summed E-state index contributed by atoms with van der Waals surface area (Å²) in [4.78, 5) is 25.7. The van der Waals surface area contributed by atoms with Crippen LogP contribution in [0.25, 0.3) is 0 Å². The second kappa shape index (κ2) is 5.88. The molecule has 1 fully saturated rings. The van der Waals surface area contributed by atoms with E-state index in [1.165, 1.54) is 12.5 Å². The Kier molecular flexibility index (Phi) is 4.21. The number of nitrogens with one attached hydrogen (secondary N) is 1. The van der Waals surface area contributed by atoms with Gasteiger partial charge in [0.2, 0.25) is 5.91 Å². The van der Waals surface area contributed by atoms with E-state index in [2.05, 4.69) is 5.32 Å². The van der Waals surface area contributed by atoms with Crippen LogP contribution in [0.4, 0.5) is 0 Å². The molecule has 0 unspecified atom stereocenters. The van der Waals surface area contributed by atoms with Crippen molar-refractivity contribution in [3.05, 3.63) is 24.2 Å². The van der Waals surface area contributed by atoms with Gasteiger partial charge in [-0.3, -0.25) is 9.59 Å². The molecule has 0 saturated carbocycles. The van der Waals surface area contributed by atoms with E-state index < -0.39 is 0 Å². The van der Waals surface area contributed by atoms with E-state index in [4.69, 9.17) is 9.15 Å². The van der Waals surface area contributed by atoms with Crippen molar-refractivity contribution in [3.8, 4) is 0 Å². The number of amides is 2. The van der Waals surface area contributed by atoms with Gasteiger partial charge >= 0.3 is 0 Å². The lowest BCUT2D eigenvalue weighted by Crippen LogP contribution is -2.34. The van der Waals surface area contributed by atoms with Crippen LogP contribution in [0.1, 0.15) is 10.4 Å². The lowest BCUT2D eigenvalue weighted by Gasteiger charge is -2.14. The molecular weight excluding hydrogens is 248 g/mol. The maximum atomic E-state index is 12.2.